The van der Waals surface area contributed by atoms with E-state index in [-0.39, 0.29) is 5.75 Å². The van der Waals surface area contributed by atoms with E-state index in [0.717, 1.165) is 0 Å². The largest absolute Gasteiger partial charge is 0.482 e. The van der Waals surface area contributed by atoms with Gasteiger partial charge in [0.2, 0.25) is 0 Å². The maximum Gasteiger partial charge on any atom is 0.460 e. The molecule has 0 N–H and O–H groups in total. The molecule has 0 saturated heterocycles. The minimum absolute atomic E-state index is 0.246. The second-order valence-corrected chi connectivity index (χ2v) is 10.5. The number of alkyl halides is 17. The number of hydrogen-bond donors (Lipinski definition) is 0. The monoisotopic (exact) mass is 658 g/mol. The van der Waals surface area contributed by atoms with Crippen LogP contribution in [0.2, 0.25) is 0 Å². The first-order chi connectivity index (χ1) is 17.7. The van der Waals surface area contributed by atoms with Crippen molar-refractivity contribution in [2.75, 3.05) is 11.7 Å². The molecule has 0 bridgehead atoms. The van der Waals surface area contributed by atoms with Crippen molar-refractivity contribution < 1.29 is 79.4 Å². The van der Waals surface area contributed by atoms with E-state index in [1.165, 1.54) is 23.9 Å². The molecule has 0 unspecified atom stereocenters. The highest BCUT2D eigenvalue weighted by atomic mass is 32.2. The van der Waals surface area contributed by atoms with Crippen molar-refractivity contribution in [2.45, 2.75) is 72.5 Å². The van der Waals surface area contributed by atoms with Crippen LogP contribution in [0.25, 0.3) is 0 Å². The topological polar surface area (TPSA) is 9.23 Å². The SMILES string of the molecule is Cc1cc(CSCCC(F)(F)C(F)(F)C(F)(F)C(F)(F)C(F)(F)C(F)(F)C(F)(F)C(F)(F)F)cc2c1OCSC2. The molecule has 1 nitrogen and oxygen atoms in total. The molecule has 0 spiro atoms. The summed E-state index contributed by atoms with van der Waals surface area (Å²) in [5.74, 6) is -56.2. The predicted octanol–water partition coefficient (Wildman–Crippen LogP) is 9.21. The zero-order valence-corrected chi connectivity index (χ0v) is 21.0. The highest BCUT2D eigenvalue weighted by Crippen LogP contribution is 2.64. The van der Waals surface area contributed by atoms with Crippen LogP contribution >= 0.6 is 23.5 Å². The van der Waals surface area contributed by atoms with Crippen molar-refractivity contribution in [3.63, 3.8) is 0 Å². The molecule has 0 aromatic heterocycles. The van der Waals surface area contributed by atoms with Crippen LogP contribution < -0.4 is 4.74 Å². The van der Waals surface area contributed by atoms with Gasteiger partial charge in [0.25, 0.3) is 0 Å². The van der Waals surface area contributed by atoms with Gasteiger partial charge in [-0.05, 0) is 23.8 Å². The van der Waals surface area contributed by atoms with Crippen LogP contribution in [0.4, 0.5) is 74.6 Å². The van der Waals surface area contributed by atoms with E-state index in [9.17, 15) is 74.6 Å². The molecule has 1 aliphatic rings. The Balaban J connectivity index is 2.25. The second-order valence-electron chi connectivity index (χ2n) is 8.46. The number of benzene rings is 1. The fourth-order valence-electron chi connectivity index (χ4n) is 3.32. The molecular weight excluding hydrogens is 643 g/mol. The van der Waals surface area contributed by atoms with Gasteiger partial charge < -0.3 is 4.74 Å². The number of ether oxygens (including phenoxy) is 1. The average molecular weight is 658 g/mol. The van der Waals surface area contributed by atoms with Crippen molar-refractivity contribution in [1.82, 2.24) is 0 Å². The van der Waals surface area contributed by atoms with Crippen LogP contribution in [0.5, 0.6) is 5.75 Å². The fourth-order valence-corrected chi connectivity index (χ4v) is 4.99. The van der Waals surface area contributed by atoms with Gasteiger partial charge in [-0.15, -0.1) is 11.8 Å². The van der Waals surface area contributed by atoms with Gasteiger partial charge in [-0.3, -0.25) is 0 Å². The molecule has 2 rings (SSSR count). The Bertz CT molecular complexity index is 1070. The van der Waals surface area contributed by atoms with E-state index in [4.69, 9.17) is 4.74 Å². The summed E-state index contributed by atoms with van der Waals surface area (Å²) in [6, 6.07) is 3.02. The molecule has 0 fully saturated rings. The summed E-state index contributed by atoms with van der Waals surface area (Å²) in [4.78, 5) is 0. The number of halogens is 17. The Hall–Kier alpha value is -1.47. The Morgan fingerprint density at radius 3 is 1.68 bits per heavy atom. The lowest BCUT2D eigenvalue weighted by Crippen LogP contribution is -2.74. The zero-order chi connectivity index (χ0) is 31.4. The molecule has 0 amide bonds. The second kappa shape index (κ2) is 10.7. The molecule has 0 atom stereocenters. The van der Waals surface area contributed by atoms with Gasteiger partial charge in [0.1, 0.15) is 11.7 Å². The molecular formula is C20H15F17OS2. The molecule has 40 heavy (non-hydrogen) atoms. The molecule has 0 aliphatic carbocycles. The minimum atomic E-state index is -8.61. The lowest BCUT2D eigenvalue weighted by atomic mass is 9.88. The number of fused-ring (bicyclic) bond motifs is 1. The average Bonchev–Trinajstić information content (AvgIpc) is 2.80. The van der Waals surface area contributed by atoms with Gasteiger partial charge in [0, 0.05) is 23.5 Å². The van der Waals surface area contributed by atoms with E-state index in [1.54, 1.807) is 6.92 Å². The number of hydrogen-bond acceptors (Lipinski definition) is 3. The standard InChI is InChI=1S/C20H15F17OS2/c1-9-4-10(5-11-7-40-8-38-12(9)11)6-39-3-2-13(21,22)14(23,24)15(25,26)16(27,28)17(29,30)18(31,32)19(33,34)20(35,36)37/h4-5H,2-3,6-8H2,1H3. The summed E-state index contributed by atoms with van der Waals surface area (Å²) in [5.41, 5.74) is 1.65. The van der Waals surface area contributed by atoms with E-state index < -0.39 is 59.8 Å². The molecule has 1 aliphatic heterocycles. The summed E-state index contributed by atoms with van der Waals surface area (Å²) in [5, 5.41) is 0. The third-order valence-corrected chi connectivity index (χ3v) is 7.40. The first kappa shape index (κ1) is 34.7. The van der Waals surface area contributed by atoms with E-state index >= 15 is 0 Å². The van der Waals surface area contributed by atoms with Crippen LogP contribution in [0.3, 0.4) is 0 Å². The molecule has 0 radical (unpaired) electrons. The molecule has 1 aromatic rings. The van der Waals surface area contributed by atoms with E-state index in [0.29, 0.717) is 45.9 Å². The van der Waals surface area contributed by atoms with E-state index in [1.807, 2.05) is 0 Å². The highest BCUT2D eigenvalue weighted by molar-refractivity contribution is 7.98. The Kier molecular flexibility index (Phi) is 9.26. The summed E-state index contributed by atoms with van der Waals surface area (Å²) < 4.78 is 232. The Morgan fingerprint density at radius 1 is 0.700 bits per heavy atom. The molecule has 1 heterocycles. The number of rotatable bonds is 11. The van der Waals surface area contributed by atoms with Gasteiger partial charge in [-0.25, -0.2) is 0 Å². The minimum Gasteiger partial charge on any atom is -0.482 e. The van der Waals surface area contributed by atoms with Crippen molar-refractivity contribution in [1.29, 1.82) is 0 Å². The highest BCUT2D eigenvalue weighted by Gasteiger charge is 2.95. The van der Waals surface area contributed by atoms with Crippen LogP contribution in [-0.4, -0.2) is 59.3 Å². The normalized spacial score (nSPS) is 16.6. The Morgan fingerprint density at radius 2 is 1.18 bits per heavy atom. The quantitative estimate of drug-likeness (QED) is 0.173. The first-order valence-electron chi connectivity index (χ1n) is 10.3. The lowest BCUT2D eigenvalue weighted by Gasteiger charge is -2.42. The van der Waals surface area contributed by atoms with E-state index in [2.05, 4.69) is 0 Å². The third-order valence-electron chi connectivity index (χ3n) is 5.57. The maximum atomic E-state index is 14.0. The van der Waals surface area contributed by atoms with Gasteiger partial charge in [0.05, 0.1) is 0 Å². The molecule has 20 heteroatoms. The number of aryl methyl sites for hydroxylation is 1. The predicted molar refractivity (Wildman–Crippen MR) is 109 cm³/mol. The Labute approximate surface area is 222 Å². The molecule has 0 saturated carbocycles. The molecule has 232 valence electrons. The zero-order valence-electron chi connectivity index (χ0n) is 19.3. The van der Waals surface area contributed by atoms with Crippen LogP contribution in [0, 0.1) is 6.92 Å². The van der Waals surface area contributed by atoms with Gasteiger partial charge >= 0.3 is 47.6 Å². The fraction of sp³-hybridized carbons (Fsp3) is 0.700. The third kappa shape index (κ3) is 5.39. The maximum absolute atomic E-state index is 14.0. The smallest absolute Gasteiger partial charge is 0.460 e. The first-order valence-corrected chi connectivity index (χ1v) is 12.6. The summed E-state index contributed by atoms with van der Waals surface area (Å²) >= 11 is 1.71. The van der Waals surface area contributed by atoms with Crippen LogP contribution in [0.15, 0.2) is 12.1 Å². The van der Waals surface area contributed by atoms with Gasteiger partial charge in [-0.2, -0.15) is 86.4 Å². The van der Waals surface area contributed by atoms with Crippen molar-refractivity contribution in [2.24, 2.45) is 0 Å². The number of thioether (sulfide) groups is 2. The summed E-state index contributed by atoms with van der Waals surface area (Å²) in [6.45, 7) is 1.60. The lowest BCUT2D eigenvalue weighted by molar-refractivity contribution is -0.461. The van der Waals surface area contributed by atoms with Gasteiger partial charge in [-0.1, -0.05) is 12.1 Å². The summed E-state index contributed by atoms with van der Waals surface area (Å²) in [7, 11) is 0. The van der Waals surface area contributed by atoms with Crippen molar-refractivity contribution in [3.8, 4) is 5.75 Å². The van der Waals surface area contributed by atoms with Crippen molar-refractivity contribution >= 4 is 23.5 Å². The van der Waals surface area contributed by atoms with Crippen LogP contribution in [-0.2, 0) is 11.5 Å². The van der Waals surface area contributed by atoms with Crippen molar-refractivity contribution in [3.05, 3.63) is 28.8 Å². The van der Waals surface area contributed by atoms with Crippen LogP contribution in [0.1, 0.15) is 23.1 Å². The van der Waals surface area contributed by atoms with Gasteiger partial charge in [0.15, 0.2) is 0 Å². The summed E-state index contributed by atoms with van der Waals surface area (Å²) in [6.07, 6.45) is -10.2. The molecule has 1 aromatic carbocycles.